The van der Waals surface area contributed by atoms with Gasteiger partial charge in [-0.1, -0.05) is 44.0 Å². The maximum atomic E-state index is 15.1. The fourth-order valence-corrected chi connectivity index (χ4v) is 5.50. The van der Waals surface area contributed by atoms with Gasteiger partial charge in [0.2, 0.25) is 18.5 Å². The van der Waals surface area contributed by atoms with Gasteiger partial charge in [0.25, 0.3) is 0 Å². The van der Waals surface area contributed by atoms with E-state index in [-0.39, 0.29) is 22.8 Å². The van der Waals surface area contributed by atoms with E-state index in [4.69, 9.17) is 18.9 Å². The highest BCUT2D eigenvalue weighted by molar-refractivity contribution is 5.75. The topological polar surface area (TPSA) is 36.9 Å². The van der Waals surface area contributed by atoms with Crippen molar-refractivity contribution in [2.24, 2.45) is 5.92 Å². The Balaban J connectivity index is 1.42. The standard InChI is InChI=1S/C33H36F6O4/c1-4-6-22-9-11-23(12-10-22)24-13-15-25(16-14-24)43-33(38,39)19-40-28-18-17-26(30(36)31(28)37)27-7-5-8-29(41-20(2)34)32(27)42-21(3)35/h5,7-8,13-18,20-23H,4,6,9-12,19H2,1-3H3. The van der Waals surface area contributed by atoms with E-state index in [0.717, 1.165) is 63.1 Å². The summed E-state index contributed by atoms with van der Waals surface area (Å²) in [7, 11) is 0. The molecule has 4 nitrogen and oxygen atoms in total. The summed E-state index contributed by atoms with van der Waals surface area (Å²) in [6.45, 7) is 2.92. The highest BCUT2D eigenvalue weighted by Crippen LogP contribution is 2.42. The molecule has 0 saturated heterocycles. The highest BCUT2D eigenvalue weighted by atomic mass is 19.3. The molecule has 0 radical (unpaired) electrons. The van der Waals surface area contributed by atoms with Crippen LogP contribution in [0.5, 0.6) is 23.0 Å². The third kappa shape index (κ3) is 8.51. The number of benzene rings is 3. The van der Waals surface area contributed by atoms with Crippen molar-refractivity contribution in [3.63, 3.8) is 0 Å². The third-order valence-electron chi connectivity index (χ3n) is 7.44. The van der Waals surface area contributed by atoms with Crippen molar-refractivity contribution in [3.05, 3.63) is 71.8 Å². The molecule has 0 N–H and O–H groups in total. The molecule has 0 bridgehead atoms. The summed E-state index contributed by atoms with van der Waals surface area (Å²) in [5, 5.41) is 0. The molecule has 234 valence electrons. The lowest BCUT2D eigenvalue weighted by atomic mass is 9.77. The van der Waals surface area contributed by atoms with Crippen LogP contribution in [0.4, 0.5) is 26.3 Å². The summed E-state index contributed by atoms with van der Waals surface area (Å²) >= 11 is 0. The first-order valence-electron chi connectivity index (χ1n) is 14.5. The summed E-state index contributed by atoms with van der Waals surface area (Å²) in [6.07, 6.45) is -0.684. The van der Waals surface area contributed by atoms with Gasteiger partial charge in [-0.15, -0.1) is 0 Å². The number of hydrogen-bond acceptors (Lipinski definition) is 4. The van der Waals surface area contributed by atoms with Gasteiger partial charge < -0.3 is 18.9 Å². The van der Waals surface area contributed by atoms with Crippen molar-refractivity contribution in [2.45, 2.75) is 84.0 Å². The number of halogens is 6. The second-order valence-corrected chi connectivity index (χ2v) is 10.8. The number of rotatable bonds is 13. The van der Waals surface area contributed by atoms with Crippen molar-refractivity contribution in [2.75, 3.05) is 6.61 Å². The minimum Gasteiger partial charge on any atom is -0.480 e. The van der Waals surface area contributed by atoms with E-state index in [0.29, 0.717) is 5.92 Å². The molecule has 10 heteroatoms. The van der Waals surface area contributed by atoms with Crippen LogP contribution in [0, 0.1) is 17.6 Å². The van der Waals surface area contributed by atoms with E-state index in [1.54, 1.807) is 12.1 Å². The average molecular weight is 611 g/mol. The van der Waals surface area contributed by atoms with E-state index < -0.39 is 48.4 Å². The van der Waals surface area contributed by atoms with E-state index in [9.17, 15) is 22.0 Å². The minimum absolute atomic E-state index is 0.0849. The zero-order valence-electron chi connectivity index (χ0n) is 24.4. The van der Waals surface area contributed by atoms with Crippen LogP contribution in [0.15, 0.2) is 54.6 Å². The van der Waals surface area contributed by atoms with Gasteiger partial charge in [-0.05, 0) is 73.4 Å². The zero-order chi connectivity index (χ0) is 31.1. The molecule has 0 aromatic heterocycles. The van der Waals surface area contributed by atoms with Gasteiger partial charge in [0.05, 0.1) is 0 Å². The molecule has 1 aliphatic carbocycles. The summed E-state index contributed by atoms with van der Waals surface area (Å²) < 4.78 is 106. The van der Waals surface area contributed by atoms with Crippen LogP contribution in [0.2, 0.25) is 0 Å². The summed E-state index contributed by atoms with van der Waals surface area (Å²) in [5.41, 5.74) is 0.529. The fourth-order valence-electron chi connectivity index (χ4n) is 5.50. The lowest BCUT2D eigenvalue weighted by Crippen LogP contribution is -2.32. The molecular formula is C33H36F6O4. The highest BCUT2D eigenvalue weighted by Gasteiger charge is 2.34. The number of hydrogen-bond donors (Lipinski definition) is 0. The van der Waals surface area contributed by atoms with Gasteiger partial charge in [0.1, 0.15) is 5.75 Å². The van der Waals surface area contributed by atoms with Crippen molar-refractivity contribution in [3.8, 4) is 34.1 Å². The quantitative estimate of drug-likeness (QED) is 0.181. The Morgan fingerprint density at radius 2 is 1.47 bits per heavy atom. The lowest BCUT2D eigenvalue weighted by Gasteiger charge is -2.28. The first kappa shape index (κ1) is 32.4. The minimum atomic E-state index is -3.85. The van der Waals surface area contributed by atoms with Gasteiger partial charge in [-0.3, -0.25) is 0 Å². The van der Waals surface area contributed by atoms with E-state index >= 15 is 4.39 Å². The maximum absolute atomic E-state index is 15.1. The van der Waals surface area contributed by atoms with Crippen molar-refractivity contribution >= 4 is 0 Å². The Kier molecular flexibility index (Phi) is 10.7. The maximum Gasteiger partial charge on any atom is 0.432 e. The molecule has 2 unspecified atom stereocenters. The smallest absolute Gasteiger partial charge is 0.432 e. The van der Waals surface area contributed by atoms with E-state index in [1.165, 1.54) is 43.2 Å². The first-order valence-corrected chi connectivity index (χ1v) is 14.5. The van der Waals surface area contributed by atoms with Crippen LogP contribution in [-0.4, -0.2) is 25.4 Å². The molecule has 0 spiro atoms. The SMILES string of the molecule is CCCC1CCC(c2ccc(OC(F)(F)COc3ccc(-c4cccc(OC(C)F)c4OC(C)F)c(F)c3F)cc2)CC1. The molecule has 1 saturated carbocycles. The summed E-state index contributed by atoms with van der Waals surface area (Å²) in [6, 6.07) is 12.4. The first-order chi connectivity index (χ1) is 20.5. The molecule has 1 fully saturated rings. The van der Waals surface area contributed by atoms with Gasteiger partial charge >= 0.3 is 6.11 Å². The molecule has 1 aliphatic rings. The van der Waals surface area contributed by atoms with Crippen LogP contribution in [0.3, 0.4) is 0 Å². The predicted octanol–water partition coefficient (Wildman–Crippen LogP) is 10.1. The van der Waals surface area contributed by atoms with Crippen molar-refractivity contribution in [1.29, 1.82) is 0 Å². The van der Waals surface area contributed by atoms with Crippen LogP contribution < -0.4 is 18.9 Å². The van der Waals surface area contributed by atoms with Gasteiger partial charge in [-0.25, -0.2) is 13.2 Å². The predicted molar refractivity (Wildman–Crippen MR) is 151 cm³/mol. The molecule has 4 rings (SSSR count). The van der Waals surface area contributed by atoms with Crippen LogP contribution in [-0.2, 0) is 0 Å². The van der Waals surface area contributed by atoms with Gasteiger partial charge in [0.15, 0.2) is 29.7 Å². The normalized spacial score (nSPS) is 18.5. The third-order valence-corrected chi connectivity index (χ3v) is 7.44. The van der Waals surface area contributed by atoms with E-state index in [2.05, 4.69) is 6.92 Å². The van der Waals surface area contributed by atoms with Crippen molar-refractivity contribution < 1.29 is 45.3 Å². The van der Waals surface area contributed by atoms with Crippen LogP contribution >= 0.6 is 0 Å². The fraction of sp³-hybridized carbons (Fsp3) is 0.455. The Labute approximate surface area is 247 Å². The Morgan fingerprint density at radius 3 is 2.09 bits per heavy atom. The van der Waals surface area contributed by atoms with Crippen molar-refractivity contribution in [1.82, 2.24) is 0 Å². The Bertz CT molecular complexity index is 1340. The van der Waals surface area contributed by atoms with Gasteiger partial charge in [-0.2, -0.15) is 13.2 Å². The summed E-state index contributed by atoms with van der Waals surface area (Å²) in [4.78, 5) is 0. The molecular weight excluding hydrogens is 574 g/mol. The number of ether oxygens (including phenoxy) is 4. The van der Waals surface area contributed by atoms with Crippen LogP contribution in [0.1, 0.15) is 70.8 Å². The van der Waals surface area contributed by atoms with E-state index in [1.807, 2.05) is 0 Å². The molecule has 3 aromatic carbocycles. The number of para-hydroxylation sites is 1. The molecule has 43 heavy (non-hydrogen) atoms. The van der Waals surface area contributed by atoms with Gasteiger partial charge in [0, 0.05) is 25.0 Å². The second kappa shape index (κ2) is 14.3. The zero-order valence-corrected chi connectivity index (χ0v) is 24.4. The Hall–Kier alpha value is -3.56. The largest absolute Gasteiger partial charge is 0.480 e. The molecule has 2 atom stereocenters. The number of alkyl halides is 4. The monoisotopic (exact) mass is 610 g/mol. The molecule has 0 aliphatic heterocycles. The molecule has 0 amide bonds. The summed E-state index contributed by atoms with van der Waals surface area (Å²) in [5.74, 6) is -3.35. The lowest BCUT2D eigenvalue weighted by molar-refractivity contribution is -0.195. The Morgan fingerprint density at radius 1 is 0.791 bits per heavy atom. The average Bonchev–Trinajstić information content (AvgIpc) is 2.95. The van der Waals surface area contributed by atoms with Crippen LogP contribution in [0.25, 0.3) is 11.1 Å². The molecule has 3 aromatic rings. The molecule has 0 heterocycles. The second-order valence-electron chi connectivity index (χ2n) is 10.8.